The van der Waals surface area contributed by atoms with E-state index >= 15 is 0 Å². The molecule has 4 saturated carbocycles. The van der Waals surface area contributed by atoms with Gasteiger partial charge in [0.1, 0.15) is 0 Å². The summed E-state index contributed by atoms with van der Waals surface area (Å²) in [7, 11) is 0. The molecule has 2 unspecified atom stereocenters. The fourth-order valence-electron chi connectivity index (χ4n) is 5.76. The van der Waals surface area contributed by atoms with Crippen molar-refractivity contribution in [1.82, 2.24) is 0 Å². The zero-order chi connectivity index (χ0) is 7.27. The molecule has 0 bridgehead atoms. The zero-order valence-corrected chi connectivity index (χ0v) is 7.27. The van der Waals surface area contributed by atoms with Crippen molar-refractivity contribution in [3.05, 3.63) is 0 Å². The highest BCUT2D eigenvalue weighted by atomic mass is 14.9. The summed E-state index contributed by atoms with van der Waals surface area (Å²) in [5, 5.41) is 0. The van der Waals surface area contributed by atoms with E-state index in [1.165, 1.54) is 24.2 Å². The Morgan fingerprint density at radius 3 is 2.00 bits per heavy atom. The van der Waals surface area contributed by atoms with Gasteiger partial charge in [0, 0.05) is 0 Å². The van der Waals surface area contributed by atoms with Crippen LogP contribution < -0.4 is 0 Å². The topological polar surface area (TPSA) is 0 Å². The summed E-state index contributed by atoms with van der Waals surface area (Å²) >= 11 is 0. The van der Waals surface area contributed by atoms with E-state index in [0.29, 0.717) is 0 Å². The number of hydrogen-bond acceptors (Lipinski definition) is 0. The molecule has 0 aromatic heterocycles. The van der Waals surface area contributed by atoms with Crippen molar-refractivity contribution in [1.29, 1.82) is 0 Å². The third-order valence-corrected chi connectivity index (χ3v) is 6.03. The molecule has 0 heterocycles. The van der Waals surface area contributed by atoms with Crippen LogP contribution in [-0.2, 0) is 0 Å². The lowest BCUT2D eigenvalue weighted by Crippen LogP contribution is -2.85. The molecule has 4 fully saturated rings. The molecular weight excluding hydrogens is 132 g/mol. The van der Waals surface area contributed by atoms with Crippen LogP contribution in [0.5, 0.6) is 0 Å². The highest BCUT2D eigenvalue weighted by Crippen LogP contribution is 2.93. The van der Waals surface area contributed by atoms with E-state index in [1.807, 2.05) is 0 Å². The standard InChI is InChI=1S/C11H16/c1-2-10-5-8-3-7-4-9(6-10)11(7,8)10/h7-9H,2-6H2,1H3. The van der Waals surface area contributed by atoms with Crippen molar-refractivity contribution in [2.24, 2.45) is 28.6 Å². The van der Waals surface area contributed by atoms with Crippen LogP contribution in [0.2, 0.25) is 0 Å². The summed E-state index contributed by atoms with van der Waals surface area (Å²) in [6.45, 7) is 2.43. The van der Waals surface area contributed by atoms with Gasteiger partial charge in [-0.3, -0.25) is 0 Å². The van der Waals surface area contributed by atoms with Gasteiger partial charge in [-0.2, -0.15) is 0 Å². The van der Waals surface area contributed by atoms with Gasteiger partial charge in [0.05, 0.1) is 0 Å². The minimum atomic E-state index is 0.920. The van der Waals surface area contributed by atoms with Crippen LogP contribution in [0.1, 0.15) is 39.0 Å². The van der Waals surface area contributed by atoms with Gasteiger partial charge in [0.15, 0.2) is 0 Å². The molecule has 0 aromatic carbocycles. The van der Waals surface area contributed by atoms with E-state index in [-0.39, 0.29) is 0 Å². The van der Waals surface area contributed by atoms with Gasteiger partial charge < -0.3 is 0 Å². The minimum Gasteiger partial charge on any atom is -0.0648 e. The second kappa shape index (κ2) is 1.20. The Bertz CT molecular complexity index is 215. The highest BCUT2D eigenvalue weighted by molar-refractivity contribution is 5.34. The summed E-state index contributed by atoms with van der Waals surface area (Å²) in [6.07, 6.45) is 7.99. The first-order valence-corrected chi connectivity index (χ1v) is 5.33. The normalized spacial score (nSPS) is 74.5. The predicted molar refractivity (Wildman–Crippen MR) is 44.1 cm³/mol. The maximum absolute atomic E-state index is 2.43. The quantitative estimate of drug-likeness (QED) is 0.536. The molecule has 2 atom stereocenters. The first-order chi connectivity index (χ1) is 5.33. The van der Waals surface area contributed by atoms with Gasteiger partial charge in [-0.05, 0) is 60.7 Å². The molecule has 0 aliphatic heterocycles. The third-order valence-electron chi connectivity index (χ3n) is 6.03. The van der Waals surface area contributed by atoms with Crippen molar-refractivity contribution in [2.75, 3.05) is 0 Å². The van der Waals surface area contributed by atoms with E-state index in [1.54, 1.807) is 25.7 Å². The number of rotatable bonds is 1. The van der Waals surface area contributed by atoms with Crippen molar-refractivity contribution in [3.8, 4) is 0 Å². The molecule has 0 nitrogen and oxygen atoms in total. The maximum Gasteiger partial charge on any atom is -0.0155 e. The maximum atomic E-state index is 2.43. The van der Waals surface area contributed by atoms with Crippen molar-refractivity contribution >= 4 is 0 Å². The van der Waals surface area contributed by atoms with Crippen molar-refractivity contribution in [2.45, 2.75) is 39.0 Å². The van der Waals surface area contributed by atoms with Gasteiger partial charge in [-0.25, -0.2) is 0 Å². The summed E-state index contributed by atoms with van der Waals surface area (Å²) in [5.74, 6) is 3.67. The Hall–Kier alpha value is 0. The molecule has 0 heteroatoms. The van der Waals surface area contributed by atoms with E-state index < -0.39 is 0 Å². The highest BCUT2D eigenvalue weighted by Gasteiger charge is 2.86. The molecule has 0 radical (unpaired) electrons. The molecule has 0 N–H and O–H groups in total. The van der Waals surface area contributed by atoms with Crippen LogP contribution in [-0.4, -0.2) is 0 Å². The van der Waals surface area contributed by atoms with Crippen LogP contribution in [0.3, 0.4) is 0 Å². The fourth-order valence-corrected chi connectivity index (χ4v) is 5.76. The van der Waals surface area contributed by atoms with E-state index in [0.717, 1.165) is 10.8 Å². The number of hydrogen-bond donors (Lipinski definition) is 0. The summed E-state index contributed by atoms with van der Waals surface area (Å²) in [6, 6.07) is 0. The first-order valence-electron chi connectivity index (χ1n) is 5.33. The molecular formula is C11H16. The van der Waals surface area contributed by atoms with Crippen molar-refractivity contribution in [3.63, 3.8) is 0 Å². The van der Waals surface area contributed by atoms with Crippen LogP contribution >= 0.6 is 0 Å². The molecule has 4 aliphatic rings. The zero-order valence-electron chi connectivity index (χ0n) is 7.27. The second-order valence-corrected chi connectivity index (χ2v) is 5.54. The molecule has 4 rings (SSSR count). The van der Waals surface area contributed by atoms with Gasteiger partial charge in [0.25, 0.3) is 0 Å². The van der Waals surface area contributed by atoms with Crippen LogP contribution in [0.25, 0.3) is 0 Å². The second-order valence-electron chi connectivity index (χ2n) is 5.54. The monoisotopic (exact) mass is 148 g/mol. The molecule has 60 valence electrons. The molecule has 0 aromatic rings. The lowest BCUT2D eigenvalue weighted by molar-refractivity contribution is -0.432. The molecule has 0 saturated heterocycles. The predicted octanol–water partition coefficient (Wildman–Crippen LogP) is 2.83. The van der Waals surface area contributed by atoms with Gasteiger partial charge in [0.2, 0.25) is 0 Å². The lowest BCUT2D eigenvalue weighted by atomic mass is 9.13. The van der Waals surface area contributed by atoms with E-state index in [4.69, 9.17) is 0 Å². The van der Waals surface area contributed by atoms with Gasteiger partial charge in [-0.15, -0.1) is 0 Å². The fraction of sp³-hybridized carbons (Fsp3) is 1.00. The average molecular weight is 148 g/mol. The first kappa shape index (κ1) is 5.61. The Balaban J connectivity index is 1.81. The lowest BCUT2D eigenvalue weighted by Gasteiger charge is -2.91. The largest absolute Gasteiger partial charge is 0.0648 e. The Morgan fingerprint density at radius 2 is 1.73 bits per heavy atom. The Kier molecular flexibility index (Phi) is 0.611. The minimum absolute atomic E-state index is 0.920. The Labute approximate surface area is 68.4 Å². The van der Waals surface area contributed by atoms with Crippen LogP contribution in [0.4, 0.5) is 0 Å². The van der Waals surface area contributed by atoms with Gasteiger partial charge in [-0.1, -0.05) is 6.92 Å². The summed E-state index contributed by atoms with van der Waals surface area (Å²) in [5.41, 5.74) is 1.92. The van der Waals surface area contributed by atoms with Crippen molar-refractivity contribution < 1.29 is 0 Å². The summed E-state index contributed by atoms with van der Waals surface area (Å²) in [4.78, 5) is 0. The molecule has 0 amide bonds. The average Bonchev–Trinajstić information content (AvgIpc) is 1.81. The molecule has 1 spiro atoms. The molecule has 11 heavy (non-hydrogen) atoms. The SMILES string of the molecule is CCC12CC3CC4CC(C1)C432. The summed E-state index contributed by atoms with van der Waals surface area (Å²) < 4.78 is 0. The third kappa shape index (κ3) is 0.278. The van der Waals surface area contributed by atoms with E-state index in [9.17, 15) is 0 Å². The molecule has 4 aliphatic carbocycles. The van der Waals surface area contributed by atoms with Gasteiger partial charge >= 0.3 is 0 Å². The van der Waals surface area contributed by atoms with Crippen LogP contribution in [0.15, 0.2) is 0 Å². The Morgan fingerprint density at radius 1 is 1.09 bits per heavy atom. The van der Waals surface area contributed by atoms with Crippen LogP contribution in [0, 0.1) is 28.6 Å². The van der Waals surface area contributed by atoms with E-state index in [2.05, 4.69) is 6.92 Å². The smallest absolute Gasteiger partial charge is 0.0155 e.